The van der Waals surface area contributed by atoms with Gasteiger partial charge in [0.2, 0.25) is 0 Å². The number of halogens is 2. The first kappa shape index (κ1) is 15.0. The third-order valence-electron chi connectivity index (χ3n) is 3.44. The summed E-state index contributed by atoms with van der Waals surface area (Å²) in [6, 6.07) is 5.30. The van der Waals surface area contributed by atoms with Crippen LogP contribution in [0.15, 0.2) is 24.3 Å². The first-order valence-corrected chi connectivity index (χ1v) is 7.91. The van der Waals surface area contributed by atoms with Gasteiger partial charge in [0, 0.05) is 4.88 Å². The Morgan fingerprint density at radius 2 is 1.91 bits per heavy atom. The molecule has 0 bridgehead atoms. The quantitative estimate of drug-likeness (QED) is 0.827. The van der Waals surface area contributed by atoms with E-state index >= 15 is 0 Å². The maximum atomic E-state index is 12.9. The minimum absolute atomic E-state index is 0.0122. The topological polar surface area (TPSA) is 58.2 Å². The van der Waals surface area contributed by atoms with Crippen molar-refractivity contribution in [2.45, 2.75) is 19.3 Å². The standard InChI is InChI=1S/C15H12ClFN2O2S/c16-11-7-9(17)4-5-10(11)14(20)18-19-15(21)13-6-8-2-1-3-12(8)22-13/h4-7H,1-3H2,(H,18,20)(H,19,21). The Morgan fingerprint density at radius 1 is 1.14 bits per heavy atom. The van der Waals surface area contributed by atoms with Crippen molar-refractivity contribution in [2.24, 2.45) is 0 Å². The summed E-state index contributed by atoms with van der Waals surface area (Å²) < 4.78 is 12.9. The number of hydrazine groups is 1. The van der Waals surface area contributed by atoms with E-state index in [0.29, 0.717) is 4.88 Å². The maximum Gasteiger partial charge on any atom is 0.279 e. The first-order chi connectivity index (χ1) is 10.5. The molecule has 0 saturated heterocycles. The number of hydrogen-bond donors (Lipinski definition) is 2. The van der Waals surface area contributed by atoms with Crippen LogP contribution < -0.4 is 10.9 Å². The van der Waals surface area contributed by atoms with Gasteiger partial charge in [0.25, 0.3) is 11.8 Å². The zero-order valence-electron chi connectivity index (χ0n) is 11.4. The molecule has 1 aromatic carbocycles. The van der Waals surface area contributed by atoms with E-state index in [1.807, 2.05) is 6.07 Å². The summed E-state index contributed by atoms with van der Waals surface area (Å²) in [5.41, 5.74) is 5.94. The van der Waals surface area contributed by atoms with E-state index in [-0.39, 0.29) is 16.5 Å². The highest BCUT2D eigenvalue weighted by molar-refractivity contribution is 7.14. The fourth-order valence-corrected chi connectivity index (χ4v) is 3.76. The Balaban J connectivity index is 1.63. The minimum atomic E-state index is -0.595. The molecule has 22 heavy (non-hydrogen) atoms. The highest BCUT2D eigenvalue weighted by Gasteiger charge is 2.19. The molecule has 0 saturated carbocycles. The van der Waals surface area contributed by atoms with E-state index in [0.717, 1.165) is 31.4 Å². The number of rotatable bonds is 2. The molecule has 1 heterocycles. The number of fused-ring (bicyclic) bond motifs is 1. The van der Waals surface area contributed by atoms with Crippen molar-refractivity contribution in [3.05, 3.63) is 56.0 Å². The third kappa shape index (κ3) is 2.98. The number of aryl methyl sites for hydroxylation is 2. The molecule has 2 aromatic rings. The molecule has 1 aliphatic carbocycles. The van der Waals surface area contributed by atoms with Gasteiger partial charge in [-0.05, 0) is 49.1 Å². The van der Waals surface area contributed by atoms with Crippen molar-refractivity contribution in [3.63, 3.8) is 0 Å². The van der Waals surface area contributed by atoms with Crippen LogP contribution in [-0.4, -0.2) is 11.8 Å². The fourth-order valence-electron chi connectivity index (χ4n) is 2.36. The van der Waals surface area contributed by atoms with E-state index in [9.17, 15) is 14.0 Å². The van der Waals surface area contributed by atoms with Crippen LogP contribution in [0.1, 0.15) is 36.9 Å². The predicted molar refractivity (Wildman–Crippen MR) is 82.7 cm³/mol. The van der Waals surface area contributed by atoms with Crippen LogP contribution in [0.2, 0.25) is 5.02 Å². The second-order valence-electron chi connectivity index (χ2n) is 4.95. The second kappa shape index (κ2) is 6.06. The van der Waals surface area contributed by atoms with Gasteiger partial charge in [0.15, 0.2) is 0 Å². The van der Waals surface area contributed by atoms with Crippen LogP contribution in [0.4, 0.5) is 4.39 Å². The highest BCUT2D eigenvalue weighted by atomic mass is 35.5. The van der Waals surface area contributed by atoms with Crippen LogP contribution in [-0.2, 0) is 12.8 Å². The van der Waals surface area contributed by atoms with Crippen LogP contribution in [0.25, 0.3) is 0 Å². The zero-order chi connectivity index (χ0) is 15.7. The zero-order valence-corrected chi connectivity index (χ0v) is 13.0. The lowest BCUT2D eigenvalue weighted by Crippen LogP contribution is -2.41. The minimum Gasteiger partial charge on any atom is -0.267 e. The van der Waals surface area contributed by atoms with Gasteiger partial charge in [-0.1, -0.05) is 11.6 Å². The number of benzene rings is 1. The summed E-state index contributed by atoms with van der Waals surface area (Å²) >= 11 is 7.24. The molecular weight excluding hydrogens is 327 g/mol. The molecule has 3 rings (SSSR count). The molecule has 0 unspecified atom stereocenters. The average Bonchev–Trinajstić information content (AvgIpc) is 3.05. The van der Waals surface area contributed by atoms with Crippen molar-refractivity contribution < 1.29 is 14.0 Å². The molecule has 4 nitrogen and oxygen atoms in total. The molecule has 0 radical (unpaired) electrons. The summed E-state index contributed by atoms with van der Waals surface area (Å²) in [4.78, 5) is 25.7. The molecule has 0 aliphatic heterocycles. The summed E-state index contributed by atoms with van der Waals surface area (Å²) in [5.74, 6) is -1.49. The van der Waals surface area contributed by atoms with Crippen LogP contribution in [0.3, 0.4) is 0 Å². The van der Waals surface area contributed by atoms with Gasteiger partial charge >= 0.3 is 0 Å². The van der Waals surface area contributed by atoms with E-state index in [1.54, 1.807) is 0 Å². The van der Waals surface area contributed by atoms with Crippen LogP contribution in [0.5, 0.6) is 0 Å². The van der Waals surface area contributed by atoms with E-state index < -0.39 is 11.7 Å². The van der Waals surface area contributed by atoms with Gasteiger partial charge in [0.1, 0.15) is 5.82 Å². The molecule has 2 N–H and O–H groups in total. The molecular formula is C15H12ClFN2O2S. The van der Waals surface area contributed by atoms with Crippen LogP contribution >= 0.6 is 22.9 Å². The maximum absolute atomic E-state index is 12.9. The smallest absolute Gasteiger partial charge is 0.267 e. The van der Waals surface area contributed by atoms with Gasteiger partial charge in [-0.15, -0.1) is 11.3 Å². The highest BCUT2D eigenvalue weighted by Crippen LogP contribution is 2.30. The largest absolute Gasteiger partial charge is 0.279 e. The average molecular weight is 339 g/mol. The fraction of sp³-hybridized carbons (Fsp3) is 0.200. The number of amides is 2. The molecule has 0 fully saturated rings. The van der Waals surface area contributed by atoms with Gasteiger partial charge in [-0.3, -0.25) is 20.4 Å². The third-order valence-corrected chi connectivity index (χ3v) is 4.98. The molecule has 1 aromatic heterocycles. The summed E-state index contributed by atoms with van der Waals surface area (Å²) in [5, 5.41) is -0.0122. The Hall–Kier alpha value is -1.92. The molecule has 0 atom stereocenters. The van der Waals surface area contributed by atoms with Crippen molar-refractivity contribution in [3.8, 4) is 0 Å². The molecule has 0 spiro atoms. The number of thiophene rings is 1. The lowest BCUT2D eigenvalue weighted by molar-refractivity contribution is 0.0849. The van der Waals surface area contributed by atoms with E-state index in [4.69, 9.17) is 11.6 Å². The summed E-state index contributed by atoms with van der Waals surface area (Å²) in [6.45, 7) is 0. The molecule has 2 amide bonds. The molecule has 7 heteroatoms. The predicted octanol–water partition coefficient (Wildman–Crippen LogP) is 3.10. The van der Waals surface area contributed by atoms with Crippen molar-refractivity contribution in [1.82, 2.24) is 10.9 Å². The number of carbonyl (C=O) groups is 2. The van der Waals surface area contributed by atoms with E-state index in [1.165, 1.54) is 27.8 Å². The first-order valence-electron chi connectivity index (χ1n) is 6.72. The van der Waals surface area contributed by atoms with Gasteiger partial charge in [-0.25, -0.2) is 4.39 Å². The SMILES string of the molecule is O=C(NNC(=O)c1ccc(F)cc1Cl)c1cc2c(s1)CCC2. The van der Waals surface area contributed by atoms with Gasteiger partial charge < -0.3 is 0 Å². The Morgan fingerprint density at radius 3 is 2.64 bits per heavy atom. The van der Waals surface area contributed by atoms with Gasteiger partial charge in [-0.2, -0.15) is 0 Å². The van der Waals surface area contributed by atoms with Gasteiger partial charge in [0.05, 0.1) is 15.5 Å². The Kier molecular flexibility index (Phi) is 4.13. The molecule has 114 valence electrons. The van der Waals surface area contributed by atoms with Crippen molar-refractivity contribution in [1.29, 1.82) is 0 Å². The van der Waals surface area contributed by atoms with E-state index in [2.05, 4.69) is 10.9 Å². The lowest BCUT2D eigenvalue weighted by atomic mass is 10.2. The normalized spacial score (nSPS) is 12.8. The van der Waals surface area contributed by atoms with Crippen LogP contribution in [0, 0.1) is 5.82 Å². The lowest BCUT2D eigenvalue weighted by Gasteiger charge is -2.07. The van der Waals surface area contributed by atoms with Crippen molar-refractivity contribution >= 4 is 34.8 Å². The Bertz CT molecular complexity index is 738. The number of hydrogen-bond acceptors (Lipinski definition) is 3. The summed E-state index contributed by atoms with van der Waals surface area (Å²) in [6.07, 6.45) is 3.13. The van der Waals surface area contributed by atoms with Crippen molar-refractivity contribution in [2.75, 3.05) is 0 Å². The summed E-state index contributed by atoms with van der Waals surface area (Å²) in [7, 11) is 0. The number of carbonyl (C=O) groups excluding carboxylic acids is 2. The molecule has 1 aliphatic rings. The number of nitrogens with one attached hydrogen (secondary N) is 2. The Labute approximate surface area is 135 Å². The second-order valence-corrected chi connectivity index (χ2v) is 6.49. The monoisotopic (exact) mass is 338 g/mol.